The Hall–Kier alpha value is -3.41. The lowest BCUT2D eigenvalue weighted by Crippen LogP contribution is -2.30. The van der Waals surface area contributed by atoms with E-state index in [0.717, 1.165) is 122 Å². The number of carbonyl (C=O) groups excluding carboxylic acids is 3. The van der Waals surface area contributed by atoms with Gasteiger partial charge in [0.1, 0.15) is 13.2 Å². The molecule has 0 heterocycles. The minimum Gasteiger partial charge on any atom is -0.462 e. The van der Waals surface area contributed by atoms with Crippen molar-refractivity contribution in [2.45, 2.75) is 329 Å². The largest absolute Gasteiger partial charge is 0.462 e. The zero-order chi connectivity index (χ0) is 55.0. The van der Waals surface area contributed by atoms with Gasteiger partial charge in [-0.1, -0.05) is 279 Å². The Labute approximate surface area is 471 Å². The lowest BCUT2D eigenvalue weighted by molar-refractivity contribution is -0.167. The van der Waals surface area contributed by atoms with E-state index in [-0.39, 0.29) is 31.1 Å². The van der Waals surface area contributed by atoms with Crippen molar-refractivity contribution in [1.29, 1.82) is 0 Å². The molecule has 0 aromatic heterocycles. The van der Waals surface area contributed by atoms with Crippen molar-refractivity contribution in [2.24, 2.45) is 0 Å². The molecule has 0 aliphatic rings. The number of carbonyl (C=O) groups is 3. The number of rotatable bonds is 59. The van der Waals surface area contributed by atoms with Crippen molar-refractivity contribution < 1.29 is 28.6 Å². The highest BCUT2D eigenvalue weighted by atomic mass is 16.6. The molecule has 0 N–H and O–H groups in total. The van der Waals surface area contributed by atoms with Gasteiger partial charge in [0.05, 0.1) is 0 Å². The van der Waals surface area contributed by atoms with Crippen LogP contribution in [0.4, 0.5) is 0 Å². The maximum Gasteiger partial charge on any atom is 0.306 e. The molecule has 6 nitrogen and oxygen atoms in total. The van der Waals surface area contributed by atoms with Crippen LogP contribution in [0.1, 0.15) is 323 Å². The maximum atomic E-state index is 12.9. The van der Waals surface area contributed by atoms with Crippen molar-refractivity contribution >= 4 is 17.9 Å². The van der Waals surface area contributed by atoms with E-state index in [1.807, 2.05) is 0 Å². The van der Waals surface area contributed by atoms with Crippen molar-refractivity contribution in [2.75, 3.05) is 13.2 Å². The van der Waals surface area contributed by atoms with Crippen molar-refractivity contribution in [3.05, 3.63) is 85.1 Å². The molecule has 1 unspecified atom stereocenters. The molecule has 1 atom stereocenters. The normalized spacial score (nSPS) is 12.6. The molecule has 6 heteroatoms. The van der Waals surface area contributed by atoms with Crippen LogP contribution in [0.3, 0.4) is 0 Å². The summed E-state index contributed by atoms with van der Waals surface area (Å²) in [6, 6.07) is 0. The first-order chi connectivity index (χ1) is 37.5. The molecule has 0 spiro atoms. The predicted molar refractivity (Wildman–Crippen MR) is 330 cm³/mol. The molecule has 0 rings (SSSR count). The van der Waals surface area contributed by atoms with Crippen LogP contribution in [-0.4, -0.2) is 37.2 Å². The van der Waals surface area contributed by atoms with Gasteiger partial charge in [-0.3, -0.25) is 14.4 Å². The standard InChI is InChI=1S/C70H122O6/c1-4-7-10-13-16-19-22-25-27-28-29-30-31-32-33-34-35-36-37-38-39-40-41-42-43-46-48-51-54-57-60-63-69(72)75-66-67(65-74-68(71)62-59-56-53-50-47-44-24-21-18-15-12-9-6-3)76-70(73)64-61-58-55-52-49-45-26-23-20-17-14-11-8-5-2/h7,10,12,15-16,19,21,23-27,29-30,67H,4-6,8-9,11,13-14,17-18,20,22,28,31-66H2,1-3H3/b10-7-,15-12-,19-16-,24-21-,26-23-,27-25-,30-29-. The molecule has 0 amide bonds. The first kappa shape index (κ1) is 72.6. The van der Waals surface area contributed by atoms with Gasteiger partial charge in [0, 0.05) is 19.3 Å². The van der Waals surface area contributed by atoms with Crippen molar-refractivity contribution in [3.8, 4) is 0 Å². The van der Waals surface area contributed by atoms with Crippen LogP contribution < -0.4 is 0 Å². The molecule has 0 aliphatic heterocycles. The molecule has 0 fully saturated rings. The van der Waals surface area contributed by atoms with Crippen LogP contribution in [0.25, 0.3) is 0 Å². The lowest BCUT2D eigenvalue weighted by atomic mass is 10.0. The fourth-order valence-corrected chi connectivity index (χ4v) is 9.23. The van der Waals surface area contributed by atoms with Crippen LogP contribution in [0.5, 0.6) is 0 Å². The quantitative estimate of drug-likeness (QED) is 0.0261. The Morgan fingerprint density at radius 2 is 0.539 bits per heavy atom. The van der Waals surface area contributed by atoms with E-state index in [1.165, 1.54) is 161 Å². The first-order valence-electron chi connectivity index (χ1n) is 32.6. The van der Waals surface area contributed by atoms with Gasteiger partial charge in [-0.2, -0.15) is 0 Å². The summed E-state index contributed by atoms with van der Waals surface area (Å²) in [6.07, 6.45) is 84.6. The fraction of sp³-hybridized carbons (Fsp3) is 0.757. The molecule has 0 saturated heterocycles. The third kappa shape index (κ3) is 61.4. The maximum absolute atomic E-state index is 12.9. The highest BCUT2D eigenvalue weighted by Gasteiger charge is 2.19. The molecule has 0 aromatic rings. The number of hydrogen-bond acceptors (Lipinski definition) is 6. The number of allylic oxidation sites excluding steroid dienone is 14. The number of unbranched alkanes of at least 4 members (excludes halogenated alkanes) is 34. The smallest absolute Gasteiger partial charge is 0.306 e. The molecule has 76 heavy (non-hydrogen) atoms. The molecule has 0 bridgehead atoms. The van der Waals surface area contributed by atoms with Gasteiger partial charge in [-0.05, 0) is 109 Å². The minimum absolute atomic E-state index is 0.0812. The van der Waals surface area contributed by atoms with Crippen LogP contribution in [-0.2, 0) is 28.6 Å². The van der Waals surface area contributed by atoms with E-state index in [9.17, 15) is 14.4 Å². The summed E-state index contributed by atoms with van der Waals surface area (Å²) >= 11 is 0. The van der Waals surface area contributed by atoms with E-state index in [4.69, 9.17) is 14.2 Å². The van der Waals surface area contributed by atoms with Crippen molar-refractivity contribution in [3.63, 3.8) is 0 Å². The third-order valence-corrected chi connectivity index (χ3v) is 14.1. The van der Waals surface area contributed by atoms with Gasteiger partial charge < -0.3 is 14.2 Å². The van der Waals surface area contributed by atoms with Crippen molar-refractivity contribution in [1.82, 2.24) is 0 Å². The number of hydrogen-bond donors (Lipinski definition) is 0. The van der Waals surface area contributed by atoms with E-state index in [1.54, 1.807) is 0 Å². The van der Waals surface area contributed by atoms with Gasteiger partial charge in [0.15, 0.2) is 6.10 Å². The summed E-state index contributed by atoms with van der Waals surface area (Å²) < 4.78 is 16.9. The van der Waals surface area contributed by atoms with Gasteiger partial charge in [0.2, 0.25) is 0 Å². The molecule has 0 radical (unpaired) electrons. The summed E-state index contributed by atoms with van der Waals surface area (Å²) in [5.41, 5.74) is 0. The molecule has 0 aromatic carbocycles. The van der Waals surface area contributed by atoms with Gasteiger partial charge in [-0.15, -0.1) is 0 Å². The highest BCUT2D eigenvalue weighted by Crippen LogP contribution is 2.17. The van der Waals surface area contributed by atoms with E-state index >= 15 is 0 Å². The van der Waals surface area contributed by atoms with Gasteiger partial charge in [-0.25, -0.2) is 0 Å². The van der Waals surface area contributed by atoms with Gasteiger partial charge >= 0.3 is 17.9 Å². The molecule has 0 saturated carbocycles. The minimum atomic E-state index is -0.785. The molecule has 0 aliphatic carbocycles. The number of esters is 3. The summed E-state index contributed by atoms with van der Waals surface area (Å²) in [5, 5.41) is 0. The molecular weight excluding hydrogens is 937 g/mol. The average Bonchev–Trinajstić information content (AvgIpc) is 3.42. The Bertz CT molecular complexity index is 1450. The Balaban J connectivity index is 4.16. The van der Waals surface area contributed by atoms with Crippen LogP contribution in [0.2, 0.25) is 0 Å². The molecular formula is C70H122O6. The van der Waals surface area contributed by atoms with Crippen LogP contribution in [0.15, 0.2) is 85.1 Å². The second kappa shape index (κ2) is 64.1. The Kier molecular flexibility index (Phi) is 61.2. The Morgan fingerprint density at radius 3 is 0.868 bits per heavy atom. The first-order valence-corrected chi connectivity index (χ1v) is 32.6. The van der Waals surface area contributed by atoms with Crippen LogP contribution >= 0.6 is 0 Å². The monoisotopic (exact) mass is 1060 g/mol. The summed E-state index contributed by atoms with van der Waals surface area (Å²) in [5.74, 6) is -0.892. The zero-order valence-corrected chi connectivity index (χ0v) is 50.3. The summed E-state index contributed by atoms with van der Waals surface area (Å²) in [6.45, 7) is 6.46. The summed E-state index contributed by atoms with van der Waals surface area (Å²) in [7, 11) is 0. The van der Waals surface area contributed by atoms with Crippen LogP contribution in [0, 0.1) is 0 Å². The number of ether oxygens (including phenoxy) is 3. The second-order valence-corrected chi connectivity index (χ2v) is 21.6. The van der Waals surface area contributed by atoms with Gasteiger partial charge in [0.25, 0.3) is 0 Å². The molecule has 438 valence electrons. The predicted octanol–water partition coefficient (Wildman–Crippen LogP) is 22.3. The lowest BCUT2D eigenvalue weighted by Gasteiger charge is -2.18. The zero-order valence-electron chi connectivity index (χ0n) is 50.3. The topological polar surface area (TPSA) is 78.9 Å². The van der Waals surface area contributed by atoms with E-state index in [2.05, 4.69) is 106 Å². The fourth-order valence-electron chi connectivity index (χ4n) is 9.23. The Morgan fingerprint density at radius 1 is 0.276 bits per heavy atom. The highest BCUT2D eigenvalue weighted by molar-refractivity contribution is 5.71. The van der Waals surface area contributed by atoms with E-state index < -0.39 is 6.10 Å². The second-order valence-electron chi connectivity index (χ2n) is 21.6. The summed E-state index contributed by atoms with van der Waals surface area (Å²) in [4.78, 5) is 38.2. The SMILES string of the molecule is CC/C=C\C/C=C\C/C=C\C/C=C\CCCCCCCCCCCCCCCCCCCCC(=O)OCC(COC(=O)CCCCCCC/C=C\C/C=C\CCC)OC(=O)CCCCCCC/C=C\CCCCCCC. The average molecular weight is 1060 g/mol. The third-order valence-electron chi connectivity index (χ3n) is 14.1. The van der Waals surface area contributed by atoms with E-state index in [0.29, 0.717) is 19.3 Å².